The maximum Gasteiger partial charge on any atom is 0.282 e. The number of halogens is 4. The average Bonchev–Trinajstić information content (AvgIpc) is 1.96. The van der Waals surface area contributed by atoms with E-state index in [9.17, 15) is 8.78 Å². The van der Waals surface area contributed by atoms with E-state index in [0.29, 0.717) is 7.27 Å². The van der Waals surface area contributed by atoms with Crippen molar-refractivity contribution in [3.8, 4) is 0 Å². The third-order valence-electron chi connectivity index (χ3n) is 1.21. The number of anilines is 1. The Morgan fingerprint density at radius 3 is 2.50 bits per heavy atom. The number of rotatable bonds is 1. The second kappa shape index (κ2) is 3.99. The van der Waals surface area contributed by atoms with Gasteiger partial charge in [0.15, 0.2) is 0 Å². The lowest BCUT2D eigenvalue weighted by molar-refractivity contribution is 0.146. The van der Waals surface area contributed by atoms with E-state index < -0.39 is 6.43 Å². The van der Waals surface area contributed by atoms with Crippen LogP contribution in [0.3, 0.4) is 0 Å². The van der Waals surface area contributed by atoms with Crippen molar-refractivity contribution in [3.63, 3.8) is 0 Å². The molecule has 2 nitrogen and oxygen atoms in total. The summed E-state index contributed by atoms with van der Waals surface area (Å²) in [7, 11) is 0. The molecular weight excluding hydrogens is 392 g/mol. The number of nitrogens with zero attached hydrogens (tertiary/aromatic N) is 1. The fourth-order valence-electron chi connectivity index (χ4n) is 0.679. The molecule has 0 aliphatic heterocycles. The van der Waals surface area contributed by atoms with Crippen molar-refractivity contribution in [1.82, 2.24) is 4.98 Å². The highest BCUT2D eigenvalue weighted by Crippen LogP contribution is 2.27. The molecule has 2 N–H and O–H groups in total. The van der Waals surface area contributed by atoms with Crippen LogP contribution in [0.2, 0.25) is 0 Å². The molecule has 0 atom stereocenters. The predicted octanol–water partition coefficient (Wildman–Crippen LogP) is 2.81. The maximum absolute atomic E-state index is 12.2. The summed E-state index contributed by atoms with van der Waals surface area (Å²) < 4.78 is 25.6. The fourth-order valence-corrected chi connectivity index (χ4v) is 2.42. The quantitative estimate of drug-likeness (QED) is 0.586. The van der Waals surface area contributed by atoms with Gasteiger partial charge in [0, 0.05) is 3.57 Å². The first-order valence-corrected chi connectivity index (χ1v) is 5.07. The molecule has 1 aromatic rings. The monoisotopic (exact) mass is 396 g/mol. The van der Waals surface area contributed by atoms with E-state index in [1.165, 1.54) is 0 Å². The van der Waals surface area contributed by atoms with Crippen LogP contribution in [0.15, 0.2) is 6.07 Å². The van der Waals surface area contributed by atoms with Gasteiger partial charge >= 0.3 is 0 Å². The van der Waals surface area contributed by atoms with E-state index >= 15 is 0 Å². The second-order valence-corrected chi connectivity index (χ2v) is 4.29. The SMILES string of the molecule is Nc1c(I)cc(I)nc1C(F)F. The van der Waals surface area contributed by atoms with E-state index in [4.69, 9.17) is 5.73 Å². The van der Waals surface area contributed by atoms with Crippen LogP contribution in [0, 0.1) is 7.27 Å². The van der Waals surface area contributed by atoms with Gasteiger partial charge < -0.3 is 5.73 Å². The summed E-state index contributed by atoms with van der Waals surface area (Å²) in [4.78, 5) is 3.64. The van der Waals surface area contributed by atoms with Gasteiger partial charge in [0.1, 0.15) is 9.39 Å². The van der Waals surface area contributed by atoms with Crippen molar-refractivity contribution >= 4 is 50.9 Å². The first-order valence-electron chi connectivity index (χ1n) is 2.92. The molecule has 0 saturated carbocycles. The van der Waals surface area contributed by atoms with E-state index in [-0.39, 0.29) is 11.4 Å². The van der Waals surface area contributed by atoms with Gasteiger partial charge in [-0.05, 0) is 51.2 Å². The summed E-state index contributed by atoms with van der Waals surface area (Å²) in [6.07, 6.45) is -2.60. The minimum atomic E-state index is -2.60. The predicted molar refractivity (Wildman–Crippen MR) is 59.0 cm³/mol. The van der Waals surface area contributed by atoms with Gasteiger partial charge in [-0.25, -0.2) is 13.8 Å². The number of hydrogen-bond acceptors (Lipinski definition) is 2. The Morgan fingerprint density at radius 1 is 1.42 bits per heavy atom. The van der Waals surface area contributed by atoms with Crippen LogP contribution in [0.5, 0.6) is 0 Å². The highest BCUT2D eigenvalue weighted by Gasteiger charge is 2.15. The van der Waals surface area contributed by atoms with Crippen molar-refractivity contribution < 1.29 is 8.78 Å². The third kappa shape index (κ3) is 2.15. The number of hydrogen-bond donors (Lipinski definition) is 1. The lowest BCUT2D eigenvalue weighted by Gasteiger charge is -2.05. The summed E-state index contributed by atoms with van der Waals surface area (Å²) in [6.45, 7) is 0. The summed E-state index contributed by atoms with van der Waals surface area (Å²) in [5.41, 5.74) is 5.15. The van der Waals surface area contributed by atoms with Crippen LogP contribution in [0.25, 0.3) is 0 Å². The minimum Gasteiger partial charge on any atom is -0.396 e. The van der Waals surface area contributed by atoms with Crippen molar-refractivity contribution in [2.75, 3.05) is 5.73 Å². The van der Waals surface area contributed by atoms with Crippen LogP contribution in [-0.4, -0.2) is 4.98 Å². The minimum absolute atomic E-state index is 0.0750. The highest BCUT2D eigenvalue weighted by molar-refractivity contribution is 14.1. The molecule has 0 aliphatic rings. The van der Waals surface area contributed by atoms with Crippen LogP contribution >= 0.6 is 45.2 Å². The molecule has 1 aromatic heterocycles. The summed E-state index contributed by atoms with van der Waals surface area (Å²) in [6, 6.07) is 1.66. The zero-order valence-corrected chi connectivity index (χ0v) is 10.0. The van der Waals surface area contributed by atoms with Gasteiger partial charge in [-0.3, -0.25) is 0 Å². The van der Waals surface area contributed by atoms with E-state index in [1.807, 2.05) is 45.2 Å². The van der Waals surface area contributed by atoms with E-state index in [1.54, 1.807) is 6.07 Å². The van der Waals surface area contributed by atoms with E-state index in [0.717, 1.165) is 0 Å². The van der Waals surface area contributed by atoms with Crippen molar-refractivity contribution in [2.24, 2.45) is 0 Å². The topological polar surface area (TPSA) is 38.9 Å². The first kappa shape index (κ1) is 10.4. The van der Waals surface area contributed by atoms with Crippen LogP contribution in [0.4, 0.5) is 14.5 Å². The zero-order chi connectivity index (χ0) is 9.30. The van der Waals surface area contributed by atoms with Gasteiger partial charge in [-0.1, -0.05) is 0 Å². The van der Waals surface area contributed by atoms with Gasteiger partial charge in [0.05, 0.1) is 5.69 Å². The third-order valence-corrected chi connectivity index (χ3v) is 2.66. The Labute approximate surface area is 95.2 Å². The van der Waals surface area contributed by atoms with Gasteiger partial charge in [-0.2, -0.15) is 0 Å². The lowest BCUT2D eigenvalue weighted by atomic mass is 10.3. The molecule has 0 amide bonds. The molecule has 12 heavy (non-hydrogen) atoms. The number of nitrogens with two attached hydrogens (primary N) is 1. The molecule has 1 rings (SSSR count). The van der Waals surface area contributed by atoms with Crippen molar-refractivity contribution in [3.05, 3.63) is 19.0 Å². The van der Waals surface area contributed by atoms with Crippen LogP contribution in [-0.2, 0) is 0 Å². The molecular formula is C6H4F2I2N2. The Balaban J connectivity index is 3.28. The average molecular weight is 396 g/mol. The largest absolute Gasteiger partial charge is 0.396 e. The summed E-state index contributed by atoms with van der Waals surface area (Å²) >= 11 is 3.78. The maximum atomic E-state index is 12.2. The first-order chi connectivity index (χ1) is 5.52. The highest BCUT2D eigenvalue weighted by atomic mass is 127. The standard InChI is InChI=1S/C6H4F2I2N2/c7-6(8)5-4(11)2(9)1-3(10)12-5/h1,6H,11H2. The molecule has 66 valence electrons. The molecule has 0 bridgehead atoms. The molecule has 0 unspecified atom stereocenters. The molecule has 0 spiro atoms. The molecule has 6 heteroatoms. The number of alkyl halides is 2. The van der Waals surface area contributed by atoms with Gasteiger partial charge in [-0.15, -0.1) is 0 Å². The summed E-state index contributed by atoms with van der Waals surface area (Å²) in [5.74, 6) is 0. The Kier molecular flexibility index (Phi) is 3.44. The van der Waals surface area contributed by atoms with Crippen LogP contribution < -0.4 is 5.73 Å². The molecule has 0 aromatic carbocycles. The molecule has 1 heterocycles. The van der Waals surface area contributed by atoms with Crippen LogP contribution in [0.1, 0.15) is 12.1 Å². The summed E-state index contributed by atoms with van der Waals surface area (Å²) in [5, 5.41) is 0. The second-order valence-electron chi connectivity index (χ2n) is 2.03. The number of nitrogen functional groups attached to an aromatic ring is 1. The number of pyridine rings is 1. The fraction of sp³-hybridized carbons (Fsp3) is 0.167. The molecule has 0 radical (unpaired) electrons. The van der Waals surface area contributed by atoms with Crippen molar-refractivity contribution in [1.29, 1.82) is 0 Å². The smallest absolute Gasteiger partial charge is 0.282 e. The van der Waals surface area contributed by atoms with Crippen molar-refractivity contribution in [2.45, 2.75) is 6.43 Å². The molecule has 0 saturated heterocycles. The molecule has 0 fully saturated rings. The Morgan fingerprint density at radius 2 is 2.00 bits per heavy atom. The van der Waals surface area contributed by atoms with Gasteiger partial charge in [0.2, 0.25) is 0 Å². The Bertz CT molecular complexity index is 304. The zero-order valence-electron chi connectivity index (χ0n) is 5.69. The Hall–Kier alpha value is 0.270. The normalized spacial score (nSPS) is 10.8. The molecule has 0 aliphatic carbocycles. The van der Waals surface area contributed by atoms with E-state index in [2.05, 4.69) is 4.98 Å². The van der Waals surface area contributed by atoms with Gasteiger partial charge in [0.25, 0.3) is 6.43 Å². The lowest BCUT2D eigenvalue weighted by Crippen LogP contribution is -2.02. The number of aromatic nitrogens is 1.